The van der Waals surface area contributed by atoms with Crippen LogP contribution in [0.5, 0.6) is 5.75 Å². The molecule has 0 aliphatic carbocycles. The fourth-order valence-corrected chi connectivity index (χ4v) is 1.88. The molecule has 1 aromatic rings. The summed E-state index contributed by atoms with van der Waals surface area (Å²) in [5, 5.41) is 3.13. The third-order valence-corrected chi connectivity index (χ3v) is 2.78. The fraction of sp³-hybridized carbons (Fsp3) is 0.538. The van der Waals surface area contributed by atoms with E-state index in [0.717, 1.165) is 38.3 Å². The van der Waals surface area contributed by atoms with Gasteiger partial charge in [0.15, 0.2) is 0 Å². The zero-order chi connectivity index (χ0) is 11.2. The molecule has 3 heteroatoms. The minimum atomic E-state index is 0.323. The summed E-state index contributed by atoms with van der Waals surface area (Å²) in [5.41, 5.74) is 1.28. The predicted octanol–water partition coefficient (Wildman–Crippen LogP) is 1.96. The number of hydrogen-bond acceptors (Lipinski definition) is 3. The molecule has 88 valence electrons. The van der Waals surface area contributed by atoms with Crippen molar-refractivity contribution in [1.82, 2.24) is 5.32 Å². The highest BCUT2D eigenvalue weighted by molar-refractivity contribution is 5.27. The van der Waals surface area contributed by atoms with Gasteiger partial charge in [-0.25, -0.2) is 0 Å². The van der Waals surface area contributed by atoms with Gasteiger partial charge in [0.1, 0.15) is 11.9 Å². The molecule has 1 saturated heterocycles. The average molecular weight is 221 g/mol. The molecule has 1 fully saturated rings. The fourth-order valence-electron chi connectivity index (χ4n) is 1.88. The van der Waals surface area contributed by atoms with Crippen LogP contribution in [0.2, 0.25) is 0 Å². The van der Waals surface area contributed by atoms with E-state index >= 15 is 0 Å². The number of hydrogen-bond donors (Lipinski definition) is 1. The van der Waals surface area contributed by atoms with Crippen LogP contribution >= 0.6 is 0 Å². The van der Waals surface area contributed by atoms with E-state index < -0.39 is 0 Å². The first-order valence-electron chi connectivity index (χ1n) is 5.86. The van der Waals surface area contributed by atoms with E-state index in [1.165, 1.54) is 5.56 Å². The Balaban J connectivity index is 1.88. The molecule has 0 bridgehead atoms. The number of rotatable bonds is 4. The highest BCUT2D eigenvalue weighted by Crippen LogP contribution is 2.18. The number of nitrogens with one attached hydrogen (secondary N) is 1. The number of ether oxygens (including phenoxy) is 2. The Morgan fingerprint density at radius 2 is 1.94 bits per heavy atom. The largest absolute Gasteiger partial charge is 0.490 e. The Kier molecular flexibility index (Phi) is 4.19. The lowest BCUT2D eigenvalue weighted by molar-refractivity contribution is 0.0255. The Bertz CT molecular complexity index is 304. The summed E-state index contributed by atoms with van der Waals surface area (Å²) in [6, 6.07) is 8.29. The van der Waals surface area contributed by atoms with E-state index in [2.05, 4.69) is 17.4 Å². The molecule has 16 heavy (non-hydrogen) atoms. The van der Waals surface area contributed by atoms with E-state index in [1.54, 1.807) is 0 Å². The summed E-state index contributed by atoms with van der Waals surface area (Å²) < 4.78 is 11.2. The summed E-state index contributed by atoms with van der Waals surface area (Å²) in [5.74, 6) is 0.965. The van der Waals surface area contributed by atoms with Crippen molar-refractivity contribution in [3.05, 3.63) is 29.8 Å². The standard InChI is InChI=1S/C13H19NO2/c1-14-10-11-2-4-12(5-3-11)16-13-6-8-15-9-7-13/h2-5,13-14H,6-10H2,1H3. The van der Waals surface area contributed by atoms with Gasteiger partial charge in [0, 0.05) is 19.4 Å². The van der Waals surface area contributed by atoms with Gasteiger partial charge in [-0.05, 0) is 24.7 Å². The maximum absolute atomic E-state index is 5.89. The molecule has 0 spiro atoms. The van der Waals surface area contributed by atoms with Crippen molar-refractivity contribution in [2.24, 2.45) is 0 Å². The minimum absolute atomic E-state index is 0.323. The predicted molar refractivity (Wildman–Crippen MR) is 63.7 cm³/mol. The van der Waals surface area contributed by atoms with Crippen LogP contribution in [-0.2, 0) is 11.3 Å². The lowest BCUT2D eigenvalue weighted by Gasteiger charge is -2.23. The highest BCUT2D eigenvalue weighted by Gasteiger charge is 2.14. The summed E-state index contributed by atoms with van der Waals surface area (Å²) in [7, 11) is 1.95. The smallest absolute Gasteiger partial charge is 0.119 e. The van der Waals surface area contributed by atoms with Gasteiger partial charge < -0.3 is 14.8 Å². The Labute approximate surface area is 96.8 Å². The summed E-state index contributed by atoms with van der Waals surface area (Å²) >= 11 is 0. The van der Waals surface area contributed by atoms with Gasteiger partial charge in [-0.15, -0.1) is 0 Å². The molecule has 1 N–H and O–H groups in total. The van der Waals surface area contributed by atoms with Gasteiger partial charge in [-0.1, -0.05) is 12.1 Å². The van der Waals surface area contributed by atoms with Gasteiger partial charge in [-0.2, -0.15) is 0 Å². The maximum atomic E-state index is 5.89. The van der Waals surface area contributed by atoms with E-state index in [9.17, 15) is 0 Å². The molecule has 1 aliphatic heterocycles. The van der Waals surface area contributed by atoms with Crippen LogP contribution in [0.1, 0.15) is 18.4 Å². The Hall–Kier alpha value is -1.06. The van der Waals surface area contributed by atoms with Gasteiger partial charge in [0.25, 0.3) is 0 Å². The first kappa shape index (κ1) is 11.4. The van der Waals surface area contributed by atoms with Crippen LogP contribution in [0.15, 0.2) is 24.3 Å². The van der Waals surface area contributed by atoms with Crippen molar-refractivity contribution < 1.29 is 9.47 Å². The Morgan fingerprint density at radius 1 is 1.25 bits per heavy atom. The molecule has 3 nitrogen and oxygen atoms in total. The average Bonchev–Trinajstić information content (AvgIpc) is 2.33. The van der Waals surface area contributed by atoms with Crippen molar-refractivity contribution >= 4 is 0 Å². The van der Waals surface area contributed by atoms with Crippen molar-refractivity contribution in [3.63, 3.8) is 0 Å². The maximum Gasteiger partial charge on any atom is 0.119 e. The molecule has 1 heterocycles. The second-order valence-electron chi connectivity index (χ2n) is 4.10. The van der Waals surface area contributed by atoms with E-state index in [0.29, 0.717) is 6.10 Å². The minimum Gasteiger partial charge on any atom is -0.490 e. The zero-order valence-electron chi connectivity index (χ0n) is 9.74. The van der Waals surface area contributed by atoms with Crippen LogP contribution in [0.25, 0.3) is 0 Å². The van der Waals surface area contributed by atoms with Crippen LogP contribution in [-0.4, -0.2) is 26.4 Å². The Morgan fingerprint density at radius 3 is 2.56 bits per heavy atom. The molecular weight excluding hydrogens is 202 g/mol. The number of benzene rings is 1. The molecule has 0 atom stereocenters. The van der Waals surface area contributed by atoms with Crippen molar-refractivity contribution in [2.75, 3.05) is 20.3 Å². The molecule has 1 aromatic carbocycles. The SMILES string of the molecule is CNCc1ccc(OC2CCOCC2)cc1. The van der Waals surface area contributed by atoms with Crippen LogP contribution in [0.4, 0.5) is 0 Å². The molecule has 0 amide bonds. The summed E-state index contributed by atoms with van der Waals surface area (Å²) in [4.78, 5) is 0. The third kappa shape index (κ3) is 3.22. The second kappa shape index (κ2) is 5.87. The van der Waals surface area contributed by atoms with E-state index in [1.807, 2.05) is 19.2 Å². The van der Waals surface area contributed by atoms with E-state index in [4.69, 9.17) is 9.47 Å². The first-order chi connectivity index (χ1) is 7.88. The second-order valence-corrected chi connectivity index (χ2v) is 4.10. The lowest BCUT2D eigenvalue weighted by Crippen LogP contribution is -2.25. The van der Waals surface area contributed by atoms with Crippen molar-refractivity contribution in [2.45, 2.75) is 25.5 Å². The normalized spacial score (nSPS) is 17.3. The van der Waals surface area contributed by atoms with Gasteiger partial charge >= 0.3 is 0 Å². The molecule has 0 saturated carbocycles. The molecular formula is C13H19NO2. The monoisotopic (exact) mass is 221 g/mol. The van der Waals surface area contributed by atoms with Gasteiger partial charge in [0.2, 0.25) is 0 Å². The van der Waals surface area contributed by atoms with Crippen molar-refractivity contribution in [1.29, 1.82) is 0 Å². The molecule has 1 aliphatic rings. The lowest BCUT2D eigenvalue weighted by atomic mass is 10.1. The molecule has 0 radical (unpaired) electrons. The summed E-state index contributed by atoms with van der Waals surface area (Å²) in [6.45, 7) is 2.54. The zero-order valence-corrected chi connectivity index (χ0v) is 9.74. The van der Waals surface area contributed by atoms with Crippen LogP contribution in [0, 0.1) is 0 Å². The highest BCUT2D eigenvalue weighted by atomic mass is 16.5. The topological polar surface area (TPSA) is 30.5 Å². The van der Waals surface area contributed by atoms with Crippen LogP contribution < -0.4 is 10.1 Å². The molecule has 0 aromatic heterocycles. The van der Waals surface area contributed by atoms with Gasteiger partial charge in [-0.3, -0.25) is 0 Å². The quantitative estimate of drug-likeness (QED) is 0.843. The van der Waals surface area contributed by atoms with Crippen molar-refractivity contribution in [3.8, 4) is 5.75 Å². The summed E-state index contributed by atoms with van der Waals surface area (Å²) in [6.07, 6.45) is 2.32. The third-order valence-electron chi connectivity index (χ3n) is 2.78. The molecule has 2 rings (SSSR count). The van der Waals surface area contributed by atoms with Gasteiger partial charge in [0.05, 0.1) is 13.2 Å². The van der Waals surface area contributed by atoms with Crippen LogP contribution in [0.3, 0.4) is 0 Å². The van der Waals surface area contributed by atoms with E-state index in [-0.39, 0.29) is 0 Å². The first-order valence-corrected chi connectivity index (χ1v) is 5.86. The molecule has 0 unspecified atom stereocenters.